The molecule has 1 N–H and O–H groups in total. The molecule has 1 atom stereocenters. The Kier molecular flexibility index (Phi) is 3.41. The van der Waals surface area contributed by atoms with Crippen LogP contribution in [0.25, 0.3) is 0 Å². The lowest BCUT2D eigenvalue weighted by atomic mass is 10.1. The van der Waals surface area contributed by atoms with E-state index in [0.29, 0.717) is 12.6 Å². The summed E-state index contributed by atoms with van der Waals surface area (Å²) in [5.74, 6) is -0.423. The first-order valence-corrected chi connectivity index (χ1v) is 7.93. The normalized spacial score (nSPS) is 19.3. The molecule has 0 radical (unpaired) electrons. The Morgan fingerprint density at radius 1 is 1.09 bits per heavy atom. The molecule has 2 aliphatic rings. The quantitative estimate of drug-likeness (QED) is 0.868. The first kappa shape index (κ1) is 14.1. The van der Waals surface area contributed by atoms with Crippen LogP contribution in [-0.2, 0) is 0 Å². The minimum atomic E-state index is -0.423. The Bertz CT molecular complexity index is 749. The van der Waals surface area contributed by atoms with Crippen molar-refractivity contribution in [2.45, 2.75) is 18.9 Å². The topological polar surface area (TPSA) is 35.6 Å². The van der Waals surface area contributed by atoms with Crippen LogP contribution in [0.5, 0.6) is 0 Å². The summed E-state index contributed by atoms with van der Waals surface area (Å²) in [7, 11) is 0. The lowest BCUT2D eigenvalue weighted by molar-refractivity contribution is 0.256. The highest BCUT2D eigenvalue weighted by molar-refractivity contribution is 6.04. The number of fused-ring (bicyclic) bond motifs is 3. The van der Waals surface area contributed by atoms with Crippen LogP contribution in [0.2, 0.25) is 0 Å². The molecule has 1 fully saturated rings. The molecule has 0 saturated carbocycles. The maximum Gasteiger partial charge on any atom is 0.326 e. The van der Waals surface area contributed by atoms with Gasteiger partial charge in [0.05, 0.1) is 17.1 Å². The standard InChI is InChI=1S/C18H18FN3O/c19-14-7-1-2-8-15(14)20-18(23)22-12-13-6-5-11-21(13)16-9-3-4-10-17(16)22/h1-4,7-10,13H,5-6,11-12H2,(H,20,23)/t13-/m0/s1. The van der Waals surface area contributed by atoms with E-state index in [1.54, 1.807) is 23.1 Å². The minimum absolute atomic E-state index is 0.212. The third kappa shape index (κ3) is 2.42. The number of carbonyl (C=O) groups excluding carboxylic acids is 1. The molecule has 2 amide bonds. The van der Waals surface area contributed by atoms with E-state index in [-0.39, 0.29) is 11.7 Å². The van der Waals surface area contributed by atoms with Gasteiger partial charge in [0.25, 0.3) is 0 Å². The fourth-order valence-electron chi connectivity index (χ4n) is 3.52. The maximum atomic E-state index is 13.8. The van der Waals surface area contributed by atoms with Crippen molar-refractivity contribution in [3.8, 4) is 0 Å². The average Bonchev–Trinajstić information content (AvgIpc) is 3.05. The SMILES string of the molecule is O=C(Nc1ccccc1F)N1C[C@@H]2CCCN2c2ccccc21. The van der Waals surface area contributed by atoms with E-state index in [9.17, 15) is 9.18 Å². The van der Waals surface area contributed by atoms with E-state index in [0.717, 1.165) is 30.8 Å². The summed E-state index contributed by atoms with van der Waals surface area (Å²) < 4.78 is 13.8. The van der Waals surface area contributed by atoms with Gasteiger partial charge in [0.1, 0.15) is 5.82 Å². The lowest BCUT2D eigenvalue weighted by Gasteiger charge is -2.40. The third-order valence-corrected chi connectivity index (χ3v) is 4.61. The van der Waals surface area contributed by atoms with Gasteiger partial charge in [-0.1, -0.05) is 24.3 Å². The molecule has 0 aliphatic carbocycles. The Balaban J connectivity index is 1.65. The van der Waals surface area contributed by atoms with Gasteiger partial charge in [0.2, 0.25) is 0 Å². The van der Waals surface area contributed by atoms with E-state index in [2.05, 4.69) is 16.3 Å². The molecule has 0 unspecified atom stereocenters. The van der Waals surface area contributed by atoms with Crippen molar-refractivity contribution in [2.24, 2.45) is 0 Å². The molecule has 0 bridgehead atoms. The molecule has 118 valence electrons. The second kappa shape index (κ2) is 5.57. The number of carbonyl (C=O) groups is 1. The van der Waals surface area contributed by atoms with Crippen molar-refractivity contribution in [3.63, 3.8) is 0 Å². The number of halogens is 1. The summed E-state index contributed by atoms with van der Waals surface area (Å²) in [5, 5.41) is 2.69. The number of urea groups is 1. The number of rotatable bonds is 1. The zero-order chi connectivity index (χ0) is 15.8. The highest BCUT2D eigenvalue weighted by Crippen LogP contribution is 2.39. The molecule has 23 heavy (non-hydrogen) atoms. The average molecular weight is 311 g/mol. The molecular formula is C18H18FN3O. The van der Waals surface area contributed by atoms with Crippen LogP contribution in [0, 0.1) is 5.82 Å². The Hall–Kier alpha value is -2.56. The first-order chi connectivity index (χ1) is 11.2. The highest BCUT2D eigenvalue weighted by Gasteiger charge is 2.36. The van der Waals surface area contributed by atoms with Crippen LogP contribution in [0.15, 0.2) is 48.5 Å². The van der Waals surface area contributed by atoms with E-state index < -0.39 is 5.82 Å². The number of nitrogens with one attached hydrogen (secondary N) is 1. The van der Waals surface area contributed by atoms with Crippen LogP contribution in [0.1, 0.15) is 12.8 Å². The highest BCUT2D eigenvalue weighted by atomic mass is 19.1. The first-order valence-electron chi connectivity index (χ1n) is 7.93. The predicted octanol–water partition coefficient (Wildman–Crippen LogP) is 3.85. The van der Waals surface area contributed by atoms with Gasteiger partial charge in [-0.15, -0.1) is 0 Å². The van der Waals surface area contributed by atoms with E-state index in [4.69, 9.17) is 0 Å². The second-order valence-corrected chi connectivity index (χ2v) is 6.00. The molecule has 1 saturated heterocycles. The number of nitrogens with zero attached hydrogens (tertiary/aromatic N) is 2. The molecule has 0 aromatic heterocycles. The van der Waals surface area contributed by atoms with Gasteiger partial charge in [0.15, 0.2) is 0 Å². The van der Waals surface area contributed by atoms with Gasteiger partial charge in [0, 0.05) is 19.1 Å². The molecule has 2 aromatic carbocycles. The van der Waals surface area contributed by atoms with Crippen molar-refractivity contribution in [1.29, 1.82) is 0 Å². The number of anilines is 3. The molecule has 2 aliphatic heterocycles. The van der Waals surface area contributed by atoms with Crippen LogP contribution >= 0.6 is 0 Å². The van der Waals surface area contributed by atoms with Gasteiger partial charge in [-0.2, -0.15) is 0 Å². The number of hydrogen-bond acceptors (Lipinski definition) is 2. The van der Waals surface area contributed by atoms with Crippen molar-refractivity contribution in [3.05, 3.63) is 54.3 Å². The van der Waals surface area contributed by atoms with Gasteiger partial charge < -0.3 is 10.2 Å². The van der Waals surface area contributed by atoms with Crippen LogP contribution in [-0.4, -0.2) is 25.2 Å². The maximum absolute atomic E-state index is 13.8. The zero-order valence-corrected chi connectivity index (χ0v) is 12.7. The minimum Gasteiger partial charge on any atom is -0.365 e. The molecule has 4 nitrogen and oxygen atoms in total. The van der Waals surface area contributed by atoms with E-state index in [1.165, 1.54) is 6.07 Å². The van der Waals surface area contributed by atoms with E-state index in [1.807, 2.05) is 18.2 Å². The van der Waals surface area contributed by atoms with Gasteiger partial charge in [-0.25, -0.2) is 9.18 Å². The Morgan fingerprint density at radius 3 is 2.65 bits per heavy atom. The number of benzene rings is 2. The molecule has 0 spiro atoms. The zero-order valence-electron chi connectivity index (χ0n) is 12.7. The molecule has 4 rings (SSSR count). The van der Waals surface area contributed by atoms with Crippen molar-refractivity contribution in [2.75, 3.05) is 28.2 Å². The fourth-order valence-corrected chi connectivity index (χ4v) is 3.52. The second-order valence-electron chi connectivity index (χ2n) is 6.00. The largest absolute Gasteiger partial charge is 0.365 e. The van der Waals surface area contributed by atoms with Crippen LogP contribution in [0.4, 0.5) is 26.2 Å². The molecule has 5 heteroatoms. The molecule has 2 aromatic rings. The summed E-state index contributed by atoms with van der Waals surface area (Å²) in [6, 6.07) is 14.2. The lowest BCUT2D eigenvalue weighted by Crippen LogP contribution is -2.49. The fraction of sp³-hybridized carbons (Fsp3) is 0.278. The van der Waals surface area contributed by atoms with Crippen molar-refractivity contribution < 1.29 is 9.18 Å². The Morgan fingerprint density at radius 2 is 1.83 bits per heavy atom. The summed E-state index contributed by atoms with van der Waals surface area (Å²) in [6.45, 7) is 1.67. The van der Waals surface area contributed by atoms with Crippen LogP contribution in [0.3, 0.4) is 0 Å². The van der Waals surface area contributed by atoms with Crippen molar-refractivity contribution >= 4 is 23.1 Å². The molecular weight excluding hydrogens is 293 g/mol. The van der Waals surface area contributed by atoms with Crippen LogP contribution < -0.4 is 15.1 Å². The number of para-hydroxylation sites is 3. The monoisotopic (exact) mass is 311 g/mol. The molecule has 2 heterocycles. The van der Waals surface area contributed by atoms with E-state index >= 15 is 0 Å². The van der Waals surface area contributed by atoms with Gasteiger partial charge in [-0.05, 0) is 37.1 Å². The summed E-state index contributed by atoms with van der Waals surface area (Å²) >= 11 is 0. The van der Waals surface area contributed by atoms with Gasteiger partial charge >= 0.3 is 6.03 Å². The van der Waals surface area contributed by atoms with Crippen molar-refractivity contribution in [1.82, 2.24) is 0 Å². The number of amides is 2. The smallest absolute Gasteiger partial charge is 0.326 e. The summed E-state index contributed by atoms with van der Waals surface area (Å²) in [6.07, 6.45) is 2.22. The number of hydrogen-bond donors (Lipinski definition) is 1. The van der Waals surface area contributed by atoms with Gasteiger partial charge in [-0.3, -0.25) is 4.90 Å². The predicted molar refractivity (Wildman–Crippen MR) is 89.6 cm³/mol. The third-order valence-electron chi connectivity index (χ3n) is 4.61. The summed E-state index contributed by atoms with van der Waals surface area (Å²) in [4.78, 5) is 16.8. The summed E-state index contributed by atoms with van der Waals surface area (Å²) in [5.41, 5.74) is 2.19. The Labute approximate surface area is 134 Å².